The van der Waals surface area contributed by atoms with Gasteiger partial charge in [0.05, 0.1) is 12.8 Å². The van der Waals surface area contributed by atoms with Crippen LogP contribution in [0.4, 0.5) is 16.2 Å². The fraction of sp³-hybridized carbons (Fsp3) is 0.167. The van der Waals surface area contributed by atoms with Crippen LogP contribution < -0.4 is 16.1 Å². The fourth-order valence-electron chi connectivity index (χ4n) is 3.18. The molecule has 25 heavy (non-hydrogen) atoms. The van der Waals surface area contributed by atoms with Crippen molar-refractivity contribution in [2.75, 3.05) is 17.7 Å². The SMILES string of the molecule is COC(=O)Nc1ccc(C2=NNC3(C2)C(=O)Nc2ccccc23)cc1. The van der Waals surface area contributed by atoms with Gasteiger partial charge in [0, 0.05) is 23.4 Å². The first-order valence-electron chi connectivity index (χ1n) is 7.82. The summed E-state index contributed by atoms with van der Waals surface area (Å²) in [5, 5.41) is 9.89. The molecule has 2 heterocycles. The van der Waals surface area contributed by atoms with Gasteiger partial charge >= 0.3 is 6.09 Å². The molecule has 0 saturated carbocycles. The molecule has 0 fully saturated rings. The summed E-state index contributed by atoms with van der Waals surface area (Å²) >= 11 is 0. The van der Waals surface area contributed by atoms with Gasteiger partial charge in [-0.25, -0.2) is 4.79 Å². The Morgan fingerprint density at radius 1 is 1.20 bits per heavy atom. The number of ether oxygens (including phenoxy) is 1. The first-order valence-corrected chi connectivity index (χ1v) is 7.82. The summed E-state index contributed by atoms with van der Waals surface area (Å²) in [5.74, 6) is -0.101. The third-order valence-electron chi connectivity index (χ3n) is 4.49. The van der Waals surface area contributed by atoms with Crippen LogP contribution in [0.1, 0.15) is 17.5 Å². The molecule has 0 saturated heterocycles. The van der Waals surface area contributed by atoms with E-state index in [1.54, 1.807) is 12.1 Å². The molecule has 7 heteroatoms. The van der Waals surface area contributed by atoms with E-state index in [0.29, 0.717) is 12.1 Å². The van der Waals surface area contributed by atoms with Gasteiger partial charge in [-0.15, -0.1) is 0 Å². The summed E-state index contributed by atoms with van der Waals surface area (Å²) in [6.07, 6.45) is -0.0644. The van der Waals surface area contributed by atoms with E-state index in [9.17, 15) is 9.59 Å². The highest BCUT2D eigenvalue weighted by Gasteiger charge is 2.50. The molecule has 0 aliphatic carbocycles. The molecule has 126 valence electrons. The van der Waals surface area contributed by atoms with Crippen molar-refractivity contribution in [2.24, 2.45) is 5.10 Å². The number of hydrogen-bond acceptors (Lipinski definition) is 5. The second kappa shape index (κ2) is 5.62. The Labute approximate surface area is 144 Å². The average molecular weight is 336 g/mol. The molecule has 0 bridgehead atoms. The maximum Gasteiger partial charge on any atom is 0.411 e. The van der Waals surface area contributed by atoms with Crippen molar-refractivity contribution in [3.63, 3.8) is 0 Å². The zero-order chi connectivity index (χ0) is 17.4. The lowest BCUT2D eigenvalue weighted by Crippen LogP contribution is -2.42. The van der Waals surface area contributed by atoms with Crippen molar-refractivity contribution >= 4 is 29.1 Å². The number of carbonyl (C=O) groups is 2. The smallest absolute Gasteiger partial charge is 0.411 e. The van der Waals surface area contributed by atoms with E-state index in [1.807, 2.05) is 36.4 Å². The molecule has 2 aromatic carbocycles. The number of nitrogens with zero attached hydrogens (tertiary/aromatic N) is 1. The fourth-order valence-corrected chi connectivity index (χ4v) is 3.18. The highest BCUT2D eigenvalue weighted by atomic mass is 16.5. The van der Waals surface area contributed by atoms with Crippen LogP contribution in [-0.2, 0) is 15.1 Å². The molecule has 2 aromatic rings. The third kappa shape index (κ3) is 2.40. The molecule has 0 radical (unpaired) electrons. The maximum atomic E-state index is 12.5. The van der Waals surface area contributed by atoms with Crippen molar-refractivity contribution in [3.8, 4) is 0 Å². The summed E-state index contributed by atoms with van der Waals surface area (Å²) < 4.78 is 4.56. The normalized spacial score (nSPS) is 20.5. The minimum absolute atomic E-state index is 0.101. The number of para-hydroxylation sites is 1. The van der Waals surface area contributed by atoms with E-state index in [4.69, 9.17) is 0 Å². The highest BCUT2D eigenvalue weighted by molar-refractivity contribution is 6.13. The second-order valence-corrected chi connectivity index (χ2v) is 5.95. The van der Waals surface area contributed by atoms with Gasteiger partial charge in [-0.3, -0.25) is 15.5 Å². The first kappa shape index (κ1) is 15.2. The lowest BCUT2D eigenvalue weighted by atomic mass is 9.86. The summed E-state index contributed by atoms with van der Waals surface area (Å²) in [7, 11) is 1.31. The van der Waals surface area contributed by atoms with Crippen LogP contribution in [0, 0.1) is 0 Å². The summed E-state index contributed by atoms with van der Waals surface area (Å²) in [6.45, 7) is 0. The Morgan fingerprint density at radius 3 is 2.72 bits per heavy atom. The third-order valence-corrected chi connectivity index (χ3v) is 4.49. The minimum atomic E-state index is -0.852. The Balaban J connectivity index is 1.57. The molecular weight excluding hydrogens is 320 g/mol. The minimum Gasteiger partial charge on any atom is -0.453 e. The van der Waals surface area contributed by atoms with Crippen molar-refractivity contribution in [1.29, 1.82) is 0 Å². The lowest BCUT2D eigenvalue weighted by molar-refractivity contribution is -0.121. The summed E-state index contributed by atoms with van der Waals surface area (Å²) in [6, 6.07) is 14.9. The molecule has 1 unspecified atom stereocenters. The van der Waals surface area contributed by atoms with Gasteiger partial charge < -0.3 is 10.1 Å². The number of nitrogens with one attached hydrogen (secondary N) is 3. The van der Waals surface area contributed by atoms with Gasteiger partial charge in [0.15, 0.2) is 5.54 Å². The van der Waals surface area contributed by atoms with Gasteiger partial charge in [-0.1, -0.05) is 30.3 Å². The molecule has 3 N–H and O–H groups in total. The predicted octanol–water partition coefficient (Wildman–Crippen LogP) is 2.41. The van der Waals surface area contributed by atoms with Gasteiger partial charge in [-0.2, -0.15) is 5.10 Å². The van der Waals surface area contributed by atoms with E-state index < -0.39 is 11.6 Å². The zero-order valence-corrected chi connectivity index (χ0v) is 13.5. The number of methoxy groups -OCH3 is 1. The second-order valence-electron chi connectivity index (χ2n) is 5.95. The Kier molecular flexibility index (Phi) is 3.42. The Bertz CT molecular complexity index is 891. The lowest BCUT2D eigenvalue weighted by Gasteiger charge is -2.20. The number of rotatable bonds is 2. The molecule has 1 atom stereocenters. The molecule has 4 rings (SSSR count). The molecule has 0 aromatic heterocycles. The van der Waals surface area contributed by atoms with Crippen molar-refractivity contribution in [2.45, 2.75) is 12.0 Å². The maximum absolute atomic E-state index is 12.5. The van der Waals surface area contributed by atoms with E-state index in [2.05, 4.69) is 25.9 Å². The largest absolute Gasteiger partial charge is 0.453 e. The summed E-state index contributed by atoms with van der Waals surface area (Å²) in [4.78, 5) is 23.8. The van der Waals surface area contributed by atoms with Crippen LogP contribution in [-0.4, -0.2) is 24.8 Å². The molecule has 7 nitrogen and oxygen atoms in total. The molecule has 1 spiro atoms. The number of carbonyl (C=O) groups excluding carboxylic acids is 2. The van der Waals surface area contributed by atoms with Crippen molar-refractivity contribution < 1.29 is 14.3 Å². The first-order chi connectivity index (χ1) is 12.1. The van der Waals surface area contributed by atoms with E-state index in [1.165, 1.54) is 7.11 Å². The number of amides is 2. The highest BCUT2D eigenvalue weighted by Crippen LogP contribution is 2.41. The predicted molar refractivity (Wildman–Crippen MR) is 93.5 cm³/mol. The summed E-state index contributed by atoms with van der Waals surface area (Å²) in [5.41, 5.74) is 6.20. The quantitative estimate of drug-likeness (QED) is 0.785. The molecular formula is C18H16N4O3. The number of anilines is 2. The Morgan fingerprint density at radius 2 is 1.96 bits per heavy atom. The van der Waals surface area contributed by atoms with Crippen LogP contribution in [0.15, 0.2) is 53.6 Å². The van der Waals surface area contributed by atoms with Gasteiger partial charge in [-0.05, 0) is 23.8 Å². The molecule has 2 aliphatic heterocycles. The zero-order valence-electron chi connectivity index (χ0n) is 13.5. The number of benzene rings is 2. The Hall–Kier alpha value is -3.35. The van der Waals surface area contributed by atoms with E-state index in [-0.39, 0.29) is 5.91 Å². The van der Waals surface area contributed by atoms with Crippen molar-refractivity contribution in [3.05, 3.63) is 59.7 Å². The van der Waals surface area contributed by atoms with Crippen molar-refractivity contribution in [1.82, 2.24) is 5.43 Å². The molecule has 2 aliphatic rings. The average Bonchev–Trinajstić information content (AvgIpc) is 3.19. The number of fused-ring (bicyclic) bond motifs is 2. The van der Waals surface area contributed by atoms with Crippen LogP contribution in [0.5, 0.6) is 0 Å². The van der Waals surface area contributed by atoms with Crippen LogP contribution in [0.25, 0.3) is 0 Å². The van der Waals surface area contributed by atoms with Gasteiger partial charge in [0.2, 0.25) is 0 Å². The number of hydrogen-bond donors (Lipinski definition) is 3. The van der Waals surface area contributed by atoms with Crippen LogP contribution >= 0.6 is 0 Å². The van der Waals surface area contributed by atoms with E-state index >= 15 is 0 Å². The van der Waals surface area contributed by atoms with Gasteiger partial charge in [0.1, 0.15) is 0 Å². The van der Waals surface area contributed by atoms with Gasteiger partial charge in [0.25, 0.3) is 5.91 Å². The van der Waals surface area contributed by atoms with Crippen LogP contribution in [0.2, 0.25) is 0 Å². The number of hydrazone groups is 1. The van der Waals surface area contributed by atoms with Crippen LogP contribution in [0.3, 0.4) is 0 Å². The monoisotopic (exact) mass is 336 g/mol. The standard InChI is InChI=1S/C18H16N4O3/c1-25-17(24)19-12-8-6-11(7-9-12)15-10-18(22-21-15)13-4-2-3-5-14(13)20-16(18)23/h2-9,22H,10H2,1H3,(H,19,24)(H,20,23). The molecule has 2 amide bonds. The van der Waals surface area contributed by atoms with E-state index in [0.717, 1.165) is 22.5 Å². The topological polar surface area (TPSA) is 91.8 Å².